The maximum Gasteiger partial charge on any atom is 0.142 e. The quantitative estimate of drug-likeness (QED) is 0.739. The molecule has 0 fully saturated rings. The highest BCUT2D eigenvalue weighted by atomic mass is 79.9. The monoisotopic (exact) mass is 355 g/mol. The first kappa shape index (κ1) is 13.9. The highest BCUT2D eigenvalue weighted by molar-refractivity contribution is 9.10. The van der Waals surface area contributed by atoms with Gasteiger partial charge in [0.1, 0.15) is 5.75 Å². The molecule has 2 aromatic carbocycles. The highest BCUT2D eigenvalue weighted by Gasteiger charge is 2.38. The van der Waals surface area contributed by atoms with Crippen LogP contribution in [0.25, 0.3) is 0 Å². The molecule has 3 atom stereocenters. The number of hydrogen-bond acceptors (Lipinski definition) is 2. The van der Waals surface area contributed by atoms with Gasteiger partial charge in [0.05, 0.1) is 18.8 Å². The fourth-order valence-electron chi connectivity index (χ4n) is 3.76. The Hall–Kier alpha value is -1.74. The molecule has 1 heterocycles. The van der Waals surface area contributed by atoms with Crippen molar-refractivity contribution in [3.05, 3.63) is 70.2 Å². The van der Waals surface area contributed by atoms with Crippen molar-refractivity contribution in [2.24, 2.45) is 5.92 Å². The second-order valence-corrected chi connectivity index (χ2v) is 6.87. The molecule has 0 aromatic heterocycles. The number of anilines is 1. The molecule has 2 aliphatic rings. The van der Waals surface area contributed by atoms with Crippen molar-refractivity contribution >= 4 is 21.6 Å². The summed E-state index contributed by atoms with van der Waals surface area (Å²) in [4.78, 5) is 0. The van der Waals surface area contributed by atoms with Crippen LogP contribution < -0.4 is 10.1 Å². The maximum atomic E-state index is 5.57. The fraction of sp³-hybridized carbons (Fsp3) is 0.263. The predicted molar refractivity (Wildman–Crippen MR) is 93.5 cm³/mol. The minimum Gasteiger partial charge on any atom is -0.495 e. The smallest absolute Gasteiger partial charge is 0.142 e. The third kappa shape index (κ3) is 2.15. The molecule has 112 valence electrons. The minimum absolute atomic E-state index is 0.317. The number of allylic oxidation sites excluding steroid dienone is 2. The van der Waals surface area contributed by atoms with Crippen LogP contribution in [-0.2, 0) is 0 Å². The predicted octanol–water partition coefficient (Wildman–Crippen LogP) is 5.28. The van der Waals surface area contributed by atoms with Crippen LogP contribution in [0.5, 0.6) is 5.75 Å². The molecule has 1 N–H and O–H groups in total. The van der Waals surface area contributed by atoms with Gasteiger partial charge < -0.3 is 10.1 Å². The zero-order valence-corrected chi connectivity index (χ0v) is 14.0. The van der Waals surface area contributed by atoms with E-state index in [1.165, 1.54) is 11.1 Å². The van der Waals surface area contributed by atoms with Gasteiger partial charge in [0.2, 0.25) is 0 Å². The van der Waals surface area contributed by atoms with Crippen molar-refractivity contribution in [1.29, 1.82) is 0 Å². The van der Waals surface area contributed by atoms with E-state index >= 15 is 0 Å². The van der Waals surface area contributed by atoms with Crippen LogP contribution in [0, 0.1) is 5.92 Å². The molecular weight excluding hydrogens is 338 g/mol. The van der Waals surface area contributed by atoms with Crippen molar-refractivity contribution in [1.82, 2.24) is 0 Å². The Kier molecular flexibility index (Phi) is 3.45. The van der Waals surface area contributed by atoms with Gasteiger partial charge in [-0.15, -0.1) is 0 Å². The molecule has 0 saturated carbocycles. The van der Waals surface area contributed by atoms with Crippen molar-refractivity contribution in [2.45, 2.75) is 18.4 Å². The van der Waals surface area contributed by atoms with Gasteiger partial charge in [0.25, 0.3) is 0 Å². The lowest BCUT2D eigenvalue weighted by Crippen LogP contribution is -2.29. The van der Waals surface area contributed by atoms with E-state index in [9.17, 15) is 0 Å². The number of hydrogen-bond donors (Lipinski definition) is 1. The van der Waals surface area contributed by atoms with Gasteiger partial charge in [0.15, 0.2) is 0 Å². The van der Waals surface area contributed by atoms with Crippen molar-refractivity contribution in [3.8, 4) is 5.75 Å². The molecule has 0 amide bonds. The molecule has 1 aliphatic heterocycles. The van der Waals surface area contributed by atoms with E-state index < -0.39 is 0 Å². The molecule has 2 aromatic rings. The number of methoxy groups -OCH3 is 1. The Morgan fingerprint density at radius 2 is 1.95 bits per heavy atom. The minimum atomic E-state index is 0.317. The van der Waals surface area contributed by atoms with Crippen LogP contribution in [0.15, 0.2) is 59.1 Å². The van der Waals surface area contributed by atoms with E-state index in [-0.39, 0.29) is 0 Å². The number of para-hydroxylation sites is 1. The number of halogens is 1. The van der Waals surface area contributed by atoms with Gasteiger partial charge in [-0.2, -0.15) is 0 Å². The summed E-state index contributed by atoms with van der Waals surface area (Å²) in [5, 5.41) is 3.74. The summed E-state index contributed by atoms with van der Waals surface area (Å²) in [5.74, 6) is 1.97. The second-order valence-electron chi connectivity index (χ2n) is 5.95. The first-order valence-corrected chi connectivity index (χ1v) is 8.43. The third-order valence-electron chi connectivity index (χ3n) is 4.81. The van der Waals surface area contributed by atoms with Gasteiger partial charge in [-0.05, 0) is 41.7 Å². The van der Waals surface area contributed by atoms with E-state index in [0.717, 1.165) is 22.3 Å². The van der Waals surface area contributed by atoms with Gasteiger partial charge in [-0.3, -0.25) is 0 Å². The SMILES string of the molecule is COc1cccc2c1N[C@@H](c1ccc(Br)cc1)[C@H]1CC=C[C@H]21. The number of fused-ring (bicyclic) bond motifs is 3. The summed E-state index contributed by atoms with van der Waals surface area (Å²) >= 11 is 3.52. The van der Waals surface area contributed by atoms with E-state index in [4.69, 9.17) is 4.74 Å². The average molecular weight is 356 g/mol. The Labute approximate surface area is 139 Å². The molecule has 0 spiro atoms. The largest absolute Gasteiger partial charge is 0.495 e. The molecular formula is C19H18BrNO. The van der Waals surface area contributed by atoms with Crippen LogP contribution in [0.2, 0.25) is 0 Å². The zero-order chi connectivity index (χ0) is 15.1. The first-order valence-electron chi connectivity index (χ1n) is 7.63. The van der Waals surface area contributed by atoms with E-state index in [0.29, 0.717) is 17.9 Å². The number of rotatable bonds is 2. The Bertz CT molecular complexity index is 723. The lowest BCUT2D eigenvalue weighted by molar-refractivity contribution is 0.397. The summed E-state index contributed by atoms with van der Waals surface area (Å²) in [5.41, 5.74) is 3.83. The Morgan fingerprint density at radius 1 is 1.14 bits per heavy atom. The summed E-state index contributed by atoms with van der Waals surface area (Å²) in [6, 6.07) is 15.3. The second kappa shape index (κ2) is 5.47. The topological polar surface area (TPSA) is 21.3 Å². The van der Waals surface area contributed by atoms with Crippen LogP contribution in [0.3, 0.4) is 0 Å². The van der Waals surface area contributed by atoms with Gasteiger partial charge in [0, 0.05) is 10.4 Å². The lowest BCUT2D eigenvalue weighted by Gasteiger charge is -2.38. The molecule has 4 rings (SSSR count). The highest BCUT2D eigenvalue weighted by Crippen LogP contribution is 2.52. The number of ether oxygens (including phenoxy) is 1. The number of nitrogens with one attached hydrogen (secondary N) is 1. The normalized spacial score (nSPS) is 25.3. The standard InChI is InChI=1S/C19H18BrNO/c1-22-17-7-3-6-16-14-4-2-5-15(14)18(21-19(16)17)12-8-10-13(20)11-9-12/h2-4,6-11,14-15,18,21H,5H2,1H3/t14-,15-,18-/m0/s1. The maximum absolute atomic E-state index is 5.57. The van der Waals surface area contributed by atoms with Gasteiger partial charge >= 0.3 is 0 Å². The van der Waals surface area contributed by atoms with E-state index in [1.54, 1.807) is 7.11 Å². The van der Waals surface area contributed by atoms with E-state index in [1.807, 2.05) is 6.07 Å². The first-order chi connectivity index (χ1) is 10.8. The van der Waals surface area contributed by atoms with Crippen molar-refractivity contribution in [2.75, 3.05) is 12.4 Å². The molecule has 0 bridgehead atoms. The number of benzene rings is 2. The van der Waals surface area contributed by atoms with Crippen molar-refractivity contribution in [3.63, 3.8) is 0 Å². The molecule has 0 radical (unpaired) electrons. The molecule has 0 saturated heterocycles. The molecule has 2 nitrogen and oxygen atoms in total. The van der Waals surface area contributed by atoms with Crippen LogP contribution in [0.4, 0.5) is 5.69 Å². The molecule has 3 heteroatoms. The lowest BCUT2D eigenvalue weighted by atomic mass is 9.77. The third-order valence-corrected chi connectivity index (χ3v) is 5.34. The molecule has 1 aliphatic carbocycles. The Balaban J connectivity index is 1.81. The van der Waals surface area contributed by atoms with Gasteiger partial charge in [-0.1, -0.05) is 52.3 Å². The van der Waals surface area contributed by atoms with Gasteiger partial charge in [-0.25, -0.2) is 0 Å². The summed E-state index contributed by atoms with van der Waals surface area (Å²) < 4.78 is 6.69. The zero-order valence-electron chi connectivity index (χ0n) is 12.4. The Morgan fingerprint density at radius 3 is 2.73 bits per heavy atom. The van der Waals surface area contributed by atoms with Crippen LogP contribution in [0.1, 0.15) is 29.5 Å². The molecule has 0 unspecified atom stereocenters. The van der Waals surface area contributed by atoms with E-state index in [2.05, 4.69) is 69.8 Å². The summed E-state index contributed by atoms with van der Waals surface area (Å²) in [6.07, 6.45) is 5.79. The van der Waals surface area contributed by atoms with Crippen LogP contribution in [-0.4, -0.2) is 7.11 Å². The summed E-state index contributed by atoms with van der Waals surface area (Å²) in [6.45, 7) is 0. The summed E-state index contributed by atoms with van der Waals surface area (Å²) in [7, 11) is 1.74. The van der Waals surface area contributed by atoms with Crippen molar-refractivity contribution < 1.29 is 4.74 Å². The average Bonchev–Trinajstić information content (AvgIpc) is 3.04. The van der Waals surface area contributed by atoms with Crippen LogP contribution >= 0.6 is 15.9 Å². The molecule has 22 heavy (non-hydrogen) atoms. The fourth-order valence-corrected chi connectivity index (χ4v) is 4.03.